The molecule has 2 saturated heterocycles. The Balaban J connectivity index is 1.53. The number of ether oxygens (including phenoxy) is 2. The zero-order chi connectivity index (χ0) is 18.2. The van der Waals surface area contributed by atoms with Crippen LogP contribution in [0.5, 0.6) is 0 Å². The quantitative estimate of drug-likeness (QED) is 0.730. The van der Waals surface area contributed by atoms with Gasteiger partial charge in [0.25, 0.3) is 0 Å². The summed E-state index contributed by atoms with van der Waals surface area (Å²) in [6, 6.07) is 10.5. The Morgan fingerprint density at radius 3 is 2.73 bits per heavy atom. The highest BCUT2D eigenvalue weighted by molar-refractivity contribution is 5.87. The van der Waals surface area contributed by atoms with E-state index in [1.54, 1.807) is 13.2 Å². The number of morpholine rings is 1. The van der Waals surface area contributed by atoms with Gasteiger partial charge in [0, 0.05) is 51.8 Å². The number of hydrogen-bond donors (Lipinski definition) is 0. The summed E-state index contributed by atoms with van der Waals surface area (Å²) in [5, 5.41) is 0. The summed E-state index contributed by atoms with van der Waals surface area (Å²) in [7, 11) is 1.78. The predicted octanol–water partition coefficient (Wildman–Crippen LogP) is 1.98. The number of carbonyl (C=O) groups is 1. The van der Waals surface area contributed by atoms with Gasteiger partial charge in [-0.3, -0.25) is 9.69 Å². The van der Waals surface area contributed by atoms with Crippen LogP contribution in [0.1, 0.15) is 12.0 Å². The van der Waals surface area contributed by atoms with Crippen molar-refractivity contribution in [2.24, 2.45) is 5.92 Å². The van der Waals surface area contributed by atoms with E-state index >= 15 is 0 Å². The van der Waals surface area contributed by atoms with Crippen molar-refractivity contribution < 1.29 is 14.3 Å². The molecule has 0 radical (unpaired) electrons. The van der Waals surface area contributed by atoms with E-state index in [0.717, 1.165) is 58.8 Å². The maximum Gasteiger partial charge on any atom is 0.246 e. The SMILES string of the molecule is CO[C@@H]1CCN(C(=O)/C=C/CN2CCOCC2)C[C@H]1Cc1ccccc1. The van der Waals surface area contributed by atoms with Gasteiger partial charge in [-0.15, -0.1) is 0 Å². The number of piperidine rings is 1. The number of nitrogens with zero attached hydrogens (tertiary/aromatic N) is 2. The fourth-order valence-corrected chi connectivity index (χ4v) is 3.83. The van der Waals surface area contributed by atoms with Crippen LogP contribution in [0.2, 0.25) is 0 Å². The molecule has 0 spiro atoms. The van der Waals surface area contributed by atoms with Crippen molar-refractivity contribution >= 4 is 5.91 Å². The lowest BCUT2D eigenvalue weighted by Gasteiger charge is -2.37. The zero-order valence-corrected chi connectivity index (χ0v) is 15.7. The van der Waals surface area contributed by atoms with Crippen LogP contribution >= 0.6 is 0 Å². The molecule has 5 heteroatoms. The smallest absolute Gasteiger partial charge is 0.246 e. The fourth-order valence-electron chi connectivity index (χ4n) is 3.83. The Kier molecular flexibility index (Phi) is 7.23. The predicted molar refractivity (Wildman–Crippen MR) is 102 cm³/mol. The molecular weight excluding hydrogens is 328 g/mol. The van der Waals surface area contributed by atoms with Gasteiger partial charge in [0.1, 0.15) is 0 Å². The van der Waals surface area contributed by atoms with E-state index in [9.17, 15) is 4.79 Å². The maximum atomic E-state index is 12.6. The molecule has 2 fully saturated rings. The van der Waals surface area contributed by atoms with Gasteiger partial charge in [-0.2, -0.15) is 0 Å². The van der Waals surface area contributed by atoms with Gasteiger partial charge in [0.15, 0.2) is 0 Å². The molecular formula is C21H30N2O3. The van der Waals surface area contributed by atoms with E-state index in [4.69, 9.17) is 9.47 Å². The first-order chi connectivity index (χ1) is 12.8. The van der Waals surface area contributed by atoms with Crippen molar-refractivity contribution in [3.05, 3.63) is 48.0 Å². The molecule has 2 aliphatic heterocycles. The lowest BCUT2D eigenvalue weighted by molar-refractivity contribution is -0.130. The normalized spacial score (nSPS) is 24.9. The van der Waals surface area contributed by atoms with Gasteiger partial charge in [-0.05, 0) is 18.4 Å². The Labute approximate surface area is 156 Å². The van der Waals surface area contributed by atoms with Crippen LogP contribution in [-0.4, -0.2) is 74.9 Å². The van der Waals surface area contributed by atoms with Crippen LogP contribution in [0.4, 0.5) is 0 Å². The summed E-state index contributed by atoms with van der Waals surface area (Å²) in [6.07, 6.45) is 5.79. The lowest BCUT2D eigenvalue weighted by Crippen LogP contribution is -2.47. The fraction of sp³-hybridized carbons (Fsp3) is 0.571. The van der Waals surface area contributed by atoms with Crippen molar-refractivity contribution in [3.63, 3.8) is 0 Å². The highest BCUT2D eigenvalue weighted by Gasteiger charge is 2.30. The van der Waals surface area contributed by atoms with Gasteiger partial charge in [0.2, 0.25) is 5.91 Å². The second-order valence-electron chi connectivity index (χ2n) is 7.11. The van der Waals surface area contributed by atoms with Gasteiger partial charge < -0.3 is 14.4 Å². The second-order valence-corrected chi connectivity index (χ2v) is 7.11. The summed E-state index contributed by atoms with van der Waals surface area (Å²) >= 11 is 0. The molecule has 2 atom stereocenters. The molecule has 0 aromatic heterocycles. The van der Waals surface area contributed by atoms with E-state index in [2.05, 4.69) is 29.2 Å². The third-order valence-electron chi connectivity index (χ3n) is 5.35. The topological polar surface area (TPSA) is 42.0 Å². The average molecular weight is 358 g/mol. The molecule has 1 aromatic rings. The van der Waals surface area contributed by atoms with Crippen LogP contribution in [0.3, 0.4) is 0 Å². The second kappa shape index (κ2) is 9.86. The molecule has 2 aliphatic rings. The number of hydrogen-bond acceptors (Lipinski definition) is 4. The van der Waals surface area contributed by atoms with Crippen molar-refractivity contribution in [1.82, 2.24) is 9.80 Å². The Hall–Kier alpha value is -1.69. The van der Waals surface area contributed by atoms with Crippen molar-refractivity contribution in [1.29, 1.82) is 0 Å². The van der Waals surface area contributed by atoms with Crippen LogP contribution in [0.15, 0.2) is 42.5 Å². The molecule has 0 unspecified atom stereocenters. The van der Waals surface area contributed by atoms with E-state index in [-0.39, 0.29) is 12.0 Å². The molecule has 2 heterocycles. The summed E-state index contributed by atoms with van der Waals surface area (Å²) in [6.45, 7) is 5.80. The number of methoxy groups -OCH3 is 1. The third kappa shape index (κ3) is 5.40. The first kappa shape index (κ1) is 19.1. The number of benzene rings is 1. The molecule has 1 aromatic carbocycles. The summed E-state index contributed by atoms with van der Waals surface area (Å²) in [4.78, 5) is 16.9. The van der Waals surface area contributed by atoms with Crippen molar-refractivity contribution in [2.75, 3.05) is 53.0 Å². The molecule has 5 nitrogen and oxygen atoms in total. The summed E-state index contributed by atoms with van der Waals surface area (Å²) in [5.41, 5.74) is 1.30. The minimum absolute atomic E-state index is 0.117. The lowest BCUT2D eigenvalue weighted by atomic mass is 9.88. The van der Waals surface area contributed by atoms with Crippen LogP contribution in [-0.2, 0) is 20.7 Å². The molecule has 0 saturated carbocycles. The molecule has 0 bridgehead atoms. The maximum absolute atomic E-state index is 12.6. The molecule has 26 heavy (non-hydrogen) atoms. The summed E-state index contributed by atoms with van der Waals surface area (Å²) < 4.78 is 11.0. The van der Waals surface area contributed by atoms with E-state index in [1.807, 2.05) is 17.0 Å². The van der Waals surface area contributed by atoms with E-state index in [1.165, 1.54) is 5.56 Å². The standard InChI is InChI=1S/C21H30N2O3/c1-25-20-9-11-23(17-19(20)16-18-6-3-2-4-7-18)21(24)8-5-10-22-12-14-26-15-13-22/h2-8,19-20H,9-17H2,1H3/b8-5+/t19-,20-/m1/s1. The van der Waals surface area contributed by atoms with E-state index in [0.29, 0.717) is 5.92 Å². The highest BCUT2D eigenvalue weighted by Crippen LogP contribution is 2.24. The largest absolute Gasteiger partial charge is 0.381 e. The van der Waals surface area contributed by atoms with Gasteiger partial charge in [-0.1, -0.05) is 36.4 Å². The van der Waals surface area contributed by atoms with Gasteiger partial charge in [-0.25, -0.2) is 0 Å². The summed E-state index contributed by atoms with van der Waals surface area (Å²) in [5.74, 6) is 0.457. The van der Waals surface area contributed by atoms with Crippen LogP contribution in [0, 0.1) is 5.92 Å². The molecule has 1 amide bonds. The molecule has 142 valence electrons. The Morgan fingerprint density at radius 1 is 1.23 bits per heavy atom. The third-order valence-corrected chi connectivity index (χ3v) is 5.35. The number of amides is 1. The Morgan fingerprint density at radius 2 is 2.00 bits per heavy atom. The van der Waals surface area contributed by atoms with Crippen molar-refractivity contribution in [3.8, 4) is 0 Å². The van der Waals surface area contributed by atoms with Gasteiger partial charge in [0.05, 0.1) is 19.3 Å². The van der Waals surface area contributed by atoms with Crippen LogP contribution in [0.25, 0.3) is 0 Å². The first-order valence-electron chi connectivity index (χ1n) is 9.58. The van der Waals surface area contributed by atoms with Gasteiger partial charge >= 0.3 is 0 Å². The Bertz CT molecular complexity index is 584. The molecule has 0 N–H and O–H groups in total. The number of carbonyl (C=O) groups excluding carboxylic acids is 1. The zero-order valence-electron chi connectivity index (χ0n) is 15.7. The highest BCUT2D eigenvalue weighted by atomic mass is 16.5. The first-order valence-corrected chi connectivity index (χ1v) is 9.58. The molecule has 0 aliphatic carbocycles. The van der Waals surface area contributed by atoms with Crippen molar-refractivity contribution in [2.45, 2.75) is 18.9 Å². The molecule has 3 rings (SSSR count). The minimum Gasteiger partial charge on any atom is -0.381 e. The minimum atomic E-state index is 0.117. The van der Waals surface area contributed by atoms with E-state index < -0.39 is 0 Å². The average Bonchev–Trinajstić information content (AvgIpc) is 2.69. The number of rotatable bonds is 6. The number of likely N-dealkylation sites (tertiary alicyclic amines) is 1. The monoisotopic (exact) mass is 358 g/mol. The van der Waals surface area contributed by atoms with Crippen LogP contribution < -0.4 is 0 Å².